The van der Waals surface area contributed by atoms with Crippen molar-refractivity contribution in [2.24, 2.45) is 0 Å². The predicted octanol–water partition coefficient (Wildman–Crippen LogP) is 1.70. The summed E-state index contributed by atoms with van der Waals surface area (Å²) in [6, 6.07) is 8.01. The van der Waals surface area contributed by atoms with Gasteiger partial charge in [-0.2, -0.15) is 0 Å². The van der Waals surface area contributed by atoms with Crippen molar-refractivity contribution >= 4 is 33.8 Å². The lowest BCUT2D eigenvalue weighted by atomic mass is 10.2. The van der Waals surface area contributed by atoms with Crippen LogP contribution in [0.2, 0.25) is 0 Å². The van der Waals surface area contributed by atoms with Crippen LogP contribution in [0.25, 0.3) is 0 Å². The number of halogens is 1. The van der Waals surface area contributed by atoms with E-state index in [2.05, 4.69) is 25.4 Å². The van der Waals surface area contributed by atoms with Crippen LogP contribution in [0.1, 0.15) is 17.3 Å². The Morgan fingerprint density at radius 3 is 2.33 bits per heavy atom. The van der Waals surface area contributed by atoms with E-state index in [0.29, 0.717) is 0 Å². The molecule has 0 bridgehead atoms. The van der Waals surface area contributed by atoms with Gasteiger partial charge in [0.25, 0.3) is 0 Å². The van der Waals surface area contributed by atoms with Crippen molar-refractivity contribution in [2.45, 2.75) is 11.8 Å². The molecule has 1 aromatic carbocycles. The molecule has 6 heteroatoms. The van der Waals surface area contributed by atoms with Gasteiger partial charge in [0.2, 0.25) is 4.83 Å². The average molecular weight is 315 g/mol. The lowest BCUT2D eigenvalue weighted by molar-refractivity contribution is -0.149. The van der Waals surface area contributed by atoms with Crippen molar-refractivity contribution in [3.05, 3.63) is 35.9 Å². The third kappa shape index (κ3) is 3.96. The number of benzene rings is 1. The van der Waals surface area contributed by atoms with Gasteiger partial charge in [-0.1, -0.05) is 34.1 Å². The monoisotopic (exact) mass is 314 g/mol. The van der Waals surface area contributed by atoms with Crippen molar-refractivity contribution in [3.8, 4) is 0 Å². The standard InChI is InChI=1S/C12H11BrO5/c1-2-17-11(15)9(13)12(16)18-10(14)8-6-4-3-5-7-8/h3-7,9H,2H2,1H3. The Morgan fingerprint density at radius 1 is 1.17 bits per heavy atom. The maximum atomic E-state index is 11.5. The molecule has 0 aliphatic heterocycles. The van der Waals surface area contributed by atoms with Gasteiger partial charge in [0.05, 0.1) is 12.2 Å². The van der Waals surface area contributed by atoms with Crippen molar-refractivity contribution in [3.63, 3.8) is 0 Å². The molecule has 1 rings (SSSR count). The van der Waals surface area contributed by atoms with Crippen LogP contribution in [0.5, 0.6) is 0 Å². The first-order valence-electron chi connectivity index (χ1n) is 5.18. The van der Waals surface area contributed by atoms with E-state index in [4.69, 9.17) is 0 Å². The molecule has 0 aromatic heterocycles. The third-order valence-electron chi connectivity index (χ3n) is 1.90. The van der Waals surface area contributed by atoms with Crippen LogP contribution in [0, 0.1) is 0 Å². The van der Waals surface area contributed by atoms with Crippen LogP contribution in [-0.2, 0) is 19.1 Å². The van der Waals surface area contributed by atoms with Gasteiger partial charge >= 0.3 is 17.9 Å². The molecule has 0 aliphatic rings. The van der Waals surface area contributed by atoms with Crippen molar-refractivity contribution in [1.82, 2.24) is 0 Å². The van der Waals surface area contributed by atoms with Gasteiger partial charge in [-0.15, -0.1) is 0 Å². The number of alkyl halides is 1. The van der Waals surface area contributed by atoms with Gasteiger partial charge in [0.1, 0.15) is 0 Å². The number of rotatable bonds is 4. The maximum Gasteiger partial charge on any atom is 0.345 e. The summed E-state index contributed by atoms with van der Waals surface area (Å²) in [5.41, 5.74) is 0.231. The molecule has 0 saturated heterocycles. The topological polar surface area (TPSA) is 69.7 Å². The summed E-state index contributed by atoms with van der Waals surface area (Å²) < 4.78 is 9.15. The van der Waals surface area contributed by atoms with E-state index in [1.54, 1.807) is 25.1 Å². The van der Waals surface area contributed by atoms with E-state index in [1.165, 1.54) is 12.1 Å². The molecule has 1 atom stereocenters. The van der Waals surface area contributed by atoms with E-state index in [9.17, 15) is 14.4 Å². The Labute approximate surface area is 112 Å². The SMILES string of the molecule is CCOC(=O)C(Br)C(=O)OC(=O)c1ccccc1. The molecule has 0 spiro atoms. The summed E-state index contributed by atoms with van der Waals surface area (Å²) in [6.45, 7) is 1.75. The molecule has 0 heterocycles. The fraction of sp³-hybridized carbons (Fsp3) is 0.250. The highest BCUT2D eigenvalue weighted by Crippen LogP contribution is 2.08. The second-order valence-corrected chi connectivity index (χ2v) is 4.10. The van der Waals surface area contributed by atoms with E-state index >= 15 is 0 Å². The minimum Gasteiger partial charge on any atom is -0.465 e. The molecular formula is C12H11BrO5. The van der Waals surface area contributed by atoms with Gasteiger partial charge in [-0.25, -0.2) is 9.59 Å². The molecule has 1 unspecified atom stereocenters. The van der Waals surface area contributed by atoms with E-state index in [1.807, 2.05) is 0 Å². The summed E-state index contributed by atoms with van der Waals surface area (Å²) in [5.74, 6) is -2.60. The average Bonchev–Trinajstić information content (AvgIpc) is 2.39. The van der Waals surface area contributed by atoms with Gasteiger partial charge in [0, 0.05) is 0 Å². The number of carbonyl (C=O) groups excluding carboxylic acids is 3. The van der Waals surface area contributed by atoms with Crippen molar-refractivity contribution in [1.29, 1.82) is 0 Å². The zero-order valence-corrected chi connectivity index (χ0v) is 11.2. The van der Waals surface area contributed by atoms with Crippen LogP contribution < -0.4 is 0 Å². The lowest BCUT2D eigenvalue weighted by Gasteiger charge is -2.07. The number of esters is 3. The molecular weight excluding hydrogens is 304 g/mol. The van der Waals surface area contributed by atoms with Gasteiger partial charge < -0.3 is 9.47 Å². The minimum absolute atomic E-state index is 0.140. The fourth-order valence-corrected chi connectivity index (χ4v) is 1.31. The number of ether oxygens (including phenoxy) is 2. The lowest BCUT2D eigenvalue weighted by Crippen LogP contribution is -2.30. The zero-order valence-electron chi connectivity index (χ0n) is 9.59. The number of hydrogen-bond donors (Lipinski definition) is 0. The quantitative estimate of drug-likeness (QED) is 0.480. The van der Waals surface area contributed by atoms with Crippen LogP contribution in [-0.4, -0.2) is 29.3 Å². The van der Waals surface area contributed by atoms with Crippen LogP contribution in [0.3, 0.4) is 0 Å². The van der Waals surface area contributed by atoms with Crippen molar-refractivity contribution < 1.29 is 23.9 Å². The summed E-state index contributed by atoms with van der Waals surface area (Å²) in [6.07, 6.45) is 0. The fourth-order valence-electron chi connectivity index (χ4n) is 1.09. The minimum atomic E-state index is -1.30. The Bertz CT molecular complexity index is 443. The van der Waals surface area contributed by atoms with Crippen molar-refractivity contribution in [2.75, 3.05) is 6.61 Å². The first-order valence-corrected chi connectivity index (χ1v) is 6.09. The first kappa shape index (κ1) is 14.4. The van der Waals surface area contributed by atoms with E-state index in [0.717, 1.165) is 0 Å². The van der Waals surface area contributed by atoms with Crippen LogP contribution in [0.15, 0.2) is 30.3 Å². The summed E-state index contributed by atoms with van der Waals surface area (Å²) in [7, 11) is 0. The van der Waals surface area contributed by atoms with Crippen LogP contribution in [0.4, 0.5) is 0 Å². The smallest absolute Gasteiger partial charge is 0.345 e. The second kappa shape index (κ2) is 6.90. The zero-order chi connectivity index (χ0) is 13.5. The Balaban J connectivity index is 2.60. The van der Waals surface area contributed by atoms with Gasteiger partial charge in [-0.3, -0.25) is 4.79 Å². The normalized spacial score (nSPS) is 11.4. The highest BCUT2D eigenvalue weighted by atomic mass is 79.9. The summed E-state index contributed by atoms with van der Waals surface area (Å²) in [4.78, 5) is 32.9. The molecule has 0 radical (unpaired) electrons. The van der Waals surface area contributed by atoms with Gasteiger partial charge in [-0.05, 0) is 19.1 Å². The molecule has 0 aliphatic carbocycles. The first-order chi connectivity index (χ1) is 8.56. The van der Waals surface area contributed by atoms with E-state index in [-0.39, 0.29) is 12.2 Å². The molecule has 0 N–H and O–H groups in total. The molecule has 1 aromatic rings. The Hall–Kier alpha value is -1.69. The van der Waals surface area contributed by atoms with Crippen LogP contribution >= 0.6 is 15.9 Å². The molecule has 5 nitrogen and oxygen atoms in total. The second-order valence-electron chi connectivity index (χ2n) is 3.19. The molecule has 18 heavy (non-hydrogen) atoms. The largest absolute Gasteiger partial charge is 0.465 e. The molecule has 0 amide bonds. The van der Waals surface area contributed by atoms with E-state index < -0.39 is 22.7 Å². The maximum absolute atomic E-state index is 11.5. The highest BCUT2D eigenvalue weighted by Gasteiger charge is 2.28. The summed E-state index contributed by atoms with van der Waals surface area (Å²) >= 11 is 2.81. The third-order valence-corrected chi connectivity index (χ3v) is 2.65. The van der Waals surface area contributed by atoms with Gasteiger partial charge in [0.15, 0.2) is 0 Å². The Kier molecular flexibility index (Phi) is 5.51. The molecule has 0 saturated carbocycles. The predicted molar refractivity (Wildman–Crippen MR) is 66.2 cm³/mol. The molecule has 0 fully saturated rings. The highest BCUT2D eigenvalue weighted by molar-refractivity contribution is 9.10. The summed E-state index contributed by atoms with van der Waals surface area (Å²) in [5, 5.41) is 0. The number of hydrogen-bond acceptors (Lipinski definition) is 5. The molecule has 96 valence electrons. The Morgan fingerprint density at radius 2 is 1.78 bits per heavy atom. The number of carbonyl (C=O) groups is 3.